The van der Waals surface area contributed by atoms with Crippen LogP contribution in [0.4, 0.5) is 0 Å². The summed E-state index contributed by atoms with van der Waals surface area (Å²) >= 11 is 0. The molecule has 176 valence electrons. The minimum atomic E-state index is -0.699. The highest BCUT2D eigenvalue weighted by atomic mass is 127. The van der Waals surface area contributed by atoms with Crippen molar-refractivity contribution in [2.24, 2.45) is 4.99 Å². The van der Waals surface area contributed by atoms with Crippen LogP contribution in [0.15, 0.2) is 35.3 Å². The number of aliphatic imine (C=N–C) groups is 1. The van der Waals surface area contributed by atoms with Gasteiger partial charge in [0.15, 0.2) is 5.96 Å². The van der Waals surface area contributed by atoms with Gasteiger partial charge in [0.05, 0.1) is 0 Å². The van der Waals surface area contributed by atoms with E-state index in [1.807, 2.05) is 14.0 Å². The zero-order chi connectivity index (χ0) is 21.4. The monoisotopic (exact) mass is 560 g/mol. The Morgan fingerprint density at radius 3 is 2.55 bits per heavy atom. The Bertz CT molecular complexity index is 709. The zero-order valence-electron chi connectivity index (χ0n) is 19.4. The lowest BCUT2D eigenvalue weighted by Crippen LogP contribution is -2.55. The molecule has 0 aliphatic heterocycles. The zero-order valence-corrected chi connectivity index (χ0v) is 22.5. The van der Waals surface area contributed by atoms with E-state index < -0.39 is 10.8 Å². The Morgan fingerprint density at radius 2 is 1.90 bits per heavy atom. The molecular formula is C24H41IN4OS. The molecule has 0 spiro atoms. The first-order valence-electron chi connectivity index (χ1n) is 11.7. The summed E-state index contributed by atoms with van der Waals surface area (Å²) in [6, 6.07) is 11.4. The third-order valence-electron chi connectivity index (χ3n) is 6.82. The first-order valence-corrected chi connectivity index (χ1v) is 13.1. The lowest BCUT2D eigenvalue weighted by Gasteiger charge is -2.36. The summed E-state index contributed by atoms with van der Waals surface area (Å²) < 4.78 is 12.3. The molecule has 1 aromatic rings. The van der Waals surface area contributed by atoms with Gasteiger partial charge in [0, 0.05) is 53.0 Å². The summed E-state index contributed by atoms with van der Waals surface area (Å²) in [4.78, 5) is 4.49. The molecule has 4 unspecified atom stereocenters. The number of benzene rings is 1. The Kier molecular flexibility index (Phi) is 11.3. The van der Waals surface area contributed by atoms with Crippen LogP contribution in [0.1, 0.15) is 76.8 Å². The van der Waals surface area contributed by atoms with Crippen LogP contribution in [-0.2, 0) is 10.8 Å². The molecule has 0 heterocycles. The molecule has 7 heteroatoms. The van der Waals surface area contributed by atoms with E-state index in [1.165, 1.54) is 31.2 Å². The van der Waals surface area contributed by atoms with E-state index in [9.17, 15) is 4.21 Å². The molecule has 2 fully saturated rings. The fraction of sp³-hybridized carbons (Fsp3) is 0.708. The van der Waals surface area contributed by atoms with E-state index in [0.717, 1.165) is 43.9 Å². The fourth-order valence-electron chi connectivity index (χ4n) is 5.10. The van der Waals surface area contributed by atoms with Gasteiger partial charge in [0.2, 0.25) is 0 Å². The van der Waals surface area contributed by atoms with Crippen LogP contribution in [0.3, 0.4) is 0 Å². The average Bonchev–Trinajstić information content (AvgIpc) is 3.25. The van der Waals surface area contributed by atoms with Gasteiger partial charge in [-0.05, 0) is 44.6 Å². The molecule has 0 saturated heterocycles. The Morgan fingerprint density at radius 1 is 1.19 bits per heavy atom. The highest BCUT2D eigenvalue weighted by Gasteiger charge is 2.35. The van der Waals surface area contributed by atoms with Crippen molar-refractivity contribution < 1.29 is 4.21 Å². The number of hydrogen-bond acceptors (Lipinski definition) is 3. The third kappa shape index (κ3) is 7.70. The van der Waals surface area contributed by atoms with Gasteiger partial charge in [-0.1, -0.05) is 56.5 Å². The minimum absolute atomic E-state index is 0. The van der Waals surface area contributed by atoms with Crippen molar-refractivity contribution in [2.45, 2.75) is 88.1 Å². The highest BCUT2D eigenvalue weighted by Crippen LogP contribution is 2.32. The predicted octanol–water partition coefficient (Wildman–Crippen LogP) is 4.51. The standard InChI is InChI=1S/C24H40N4OS.HI/c1-4-30(29)22-14-10-13-21(17-22)27-23(25-3)26-18-24(15-8-9-16-24)28-19(2)20-11-6-5-7-12-20;/h5-7,11-12,19,21-22,28H,4,8-10,13-18H2,1-3H3,(H2,25,26,27);1H. The Labute approximate surface area is 208 Å². The average molecular weight is 561 g/mol. The van der Waals surface area contributed by atoms with Gasteiger partial charge in [-0.15, -0.1) is 24.0 Å². The maximum Gasteiger partial charge on any atom is 0.191 e. The number of rotatable bonds is 8. The summed E-state index contributed by atoms with van der Waals surface area (Å²) in [5.41, 5.74) is 1.44. The molecule has 31 heavy (non-hydrogen) atoms. The van der Waals surface area contributed by atoms with Gasteiger partial charge in [0.25, 0.3) is 0 Å². The smallest absolute Gasteiger partial charge is 0.191 e. The quantitative estimate of drug-likeness (QED) is 0.249. The first kappa shape index (κ1) is 26.6. The molecule has 3 rings (SSSR count). The molecule has 2 aliphatic carbocycles. The third-order valence-corrected chi connectivity index (χ3v) is 8.56. The van der Waals surface area contributed by atoms with Gasteiger partial charge in [0.1, 0.15) is 0 Å². The van der Waals surface area contributed by atoms with E-state index >= 15 is 0 Å². The van der Waals surface area contributed by atoms with Crippen LogP contribution in [0.2, 0.25) is 0 Å². The minimum Gasteiger partial charge on any atom is -0.355 e. The van der Waals surface area contributed by atoms with E-state index in [2.05, 4.69) is 58.2 Å². The van der Waals surface area contributed by atoms with Crippen LogP contribution < -0.4 is 16.0 Å². The number of hydrogen-bond donors (Lipinski definition) is 3. The SMILES string of the molecule is CCS(=O)C1CCCC(NC(=NC)NCC2(NC(C)c3ccccc3)CCCC2)C1.I. The molecule has 3 N–H and O–H groups in total. The molecule has 5 nitrogen and oxygen atoms in total. The molecule has 2 saturated carbocycles. The lowest BCUT2D eigenvalue weighted by molar-refractivity contribution is 0.296. The summed E-state index contributed by atoms with van der Waals surface area (Å²) in [7, 11) is 1.15. The number of guanidine groups is 1. The fourth-order valence-corrected chi connectivity index (χ4v) is 6.45. The van der Waals surface area contributed by atoms with E-state index in [-0.39, 0.29) is 29.5 Å². The molecule has 4 atom stereocenters. The number of halogens is 1. The molecule has 2 aliphatic rings. The highest BCUT2D eigenvalue weighted by molar-refractivity contribution is 14.0. The largest absolute Gasteiger partial charge is 0.355 e. The Balaban J connectivity index is 0.00000341. The molecule has 0 radical (unpaired) electrons. The maximum atomic E-state index is 12.3. The van der Waals surface area contributed by atoms with Crippen LogP contribution in [0.25, 0.3) is 0 Å². The Hall–Kier alpha value is -0.670. The van der Waals surface area contributed by atoms with Crippen LogP contribution in [-0.4, -0.2) is 46.3 Å². The topological polar surface area (TPSA) is 65.5 Å². The number of nitrogens with one attached hydrogen (secondary N) is 3. The lowest BCUT2D eigenvalue weighted by atomic mass is 9.94. The molecular weight excluding hydrogens is 519 g/mol. The van der Waals surface area contributed by atoms with E-state index in [0.29, 0.717) is 17.3 Å². The van der Waals surface area contributed by atoms with E-state index in [1.54, 1.807) is 0 Å². The van der Waals surface area contributed by atoms with E-state index in [4.69, 9.17) is 0 Å². The van der Waals surface area contributed by atoms with Crippen molar-refractivity contribution in [3.8, 4) is 0 Å². The van der Waals surface area contributed by atoms with Crippen LogP contribution in [0, 0.1) is 0 Å². The molecule has 0 amide bonds. The molecule has 1 aromatic carbocycles. The first-order chi connectivity index (χ1) is 14.5. The van der Waals surface area contributed by atoms with Crippen molar-refractivity contribution in [3.63, 3.8) is 0 Å². The maximum absolute atomic E-state index is 12.3. The normalized spacial score (nSPS) is 25.3. The van der Waals surface area contributed by atoms with Crippen molar-refractivity contribution in [2.75, 3.05) is 19.3 Å². The summed E-state index contributed by atoms with van der Waals surface area (Å²) in [6.45, 7) is 5.16. The van der Waals surface area contributed by atoms with Gasteiger partial charge in [-0.3, -0.25) is 9.20 Å². The van der Waals surface area contributed by atoms with Crippen LogP contribution >= 0.6 is 24.0 Å². The van der Waals surface area contributed by atoms with Crippen molar-refractivity contribution in [1.82, 2.24) is 16.0 Å². The predicted molar refractivity (Wildman–Crippen MR) is 144 cm³/mol. The van der Waals surface area contributed by atoms with Crippen molar-refractivity contribution in [1.29, 1.82) is 0 Å². The van der Waals surface area contributed by atoms with Gasteiger partial charge in [-0.2, -0.15) is 0 Å². The van der Waals surface area contributed by atoms with Crippen molar-refractivity contribution in [3.05, 3.63) is 35.9 Å². The summed E-state index contributed by atoms with van der Waals surface area (Å²) in [6.07, 6.45) is 9.28. The summed E-state index contributed by atoms with van der Waals surface area (Å²) in [5, 5.41) is 11.5. The van der Waals surface area contributed by atoms with Gasteiger partial charge in [-0.25, -0.2) is 0 Å². The van der Waals surface area contributed by atoms with Gasteiger partial charge < -0.3 is 16.0 Å². The molecule has 0 aromatic heterocycles. The second kappa shape index (κ2) is 13.1. The second-order valence-electron chi connectivity index (χ2n) is 8.99. The summed E-state index contributed by atoms with van der Waals surface area (Å²) in [5.74, 6) is 1.64. The van der Waals surface area contributed by atoms with Crippen LogP contribution in [0.5, 0.6) is 0 Å². The van der Waals surface area contributed by atoms with Crippen molar-refractivity contribution >= 4 is 40.7 Å². The number of nitrogens with zero attached hydrogens (tertiary/aromatic N) is 1. The second-order valence-corrected chi connectivity index (χ2v) is 11.0. The van der Waals surface area contributed by atoms with Gasteiger partial charge >= 0.3 is 0 Å². The molecule has 0 bridgehead atoms.